The van der Waals surface area contributed by atoms with Crippen molar-refractivity contribution < 1.29 is 28.6 Å². The molecule has 2 rings (SSSR count). The van der Waals surface area contributed by atoms with Crippen LogP contribution in [0.25, 0.3) is 11.1 Å². The molecule has 0 saturated carbocycles. The van der Waals surface area contributed by atoms with E-state index in [1.165, 1.54) is 11.8 Å². The second-order valence-electron chi connectivity index (χ2n) is 8.49. The highest BCUT2D eigenvalue weighted by atomic mass is 32.2. The second kappa shape index (κ2) is 11.7. The first-order valence-electron chi connectivity index (χ1n) is 10.5. The van der Waals surface area contributed by atoms with Crippen molar-refractivity contribution in [2.45, 2.75) is 39.0 Å². The first-order valence-corrected chi connectivity index (χ1v) is 11.8. The van der Waals surface area contributed by atoms with Gasteiger partial charge in [0.05, 0.1) is 29.1 Å². The Bertz CT molecular complexity index is 1020. The van der Waals surface area contributed by atoms with Gasteiger partial charge in [-0.2, -0.15) is 0 Å². The lowest BCUT2D eigenvalue weighted by molar-refractivity contribution is -0.143. The quantitative estimate of drug-likeness (QED) is 0.153. The lowest BCUT2D eigenvalue weighted by atomic mass is 9.97. The van der Waals surface area contributed by atoms with Crippen LogP contribution in [0.4, 0.5) is 0 Å². The summed E-state index contributed by atoms with van der Waals surface area (Å²) in [6, 6.07) is 12.7. The standard InChI is InChI=1S/C26H30O6S/c1-17(2)23(27)30-14-7-15-31-24(28)19-10-8-18(9-11-19)20-12-13-21(22(16-20)33-6)32-25(29)26(3,4)5/h8-13,16H,1,7,14-15H2,2-6H3. The number of ether oxygens (including phenoxy) is 3. The smallest absolute Gasteiger partial charge is 0.338 e. The van der Waals surface area contributed by atoms with Gasteiger partial charge in [0.25, 0.3) is 0 Å². The summed E-state index contributed by atoms with van der Waals surface area (Å²) in [5.41, 5.74) is 2.03. The van der Waals surface area contributed by atoms with E-state index in [4.69, 9.17) is 14.2 Å². The van der Waals surface area contributed by atoms with Gasteiger partial charge in [0.15, 0.2) is 0 Å². The second-order valence-corrected chi connectivity index (χ2v) is 9.34. The number of thioether (sulfide) groups is 1. The maximum atomic E-state index is 12.2. The van der Waals surface area contributed by atoms with Gasteiger partial charge < -0.3 is 14.2 Å². The van der Waals surface area contributed by atoms with Gasteiger partial charge in [0, 0.05) is 12.0 Å². The number of benzene rings is 2. The van der Waals surface area contributed by atoms with Crippen LogP contribution < -0.4 is 4.74 Å². The summed E-state index contributed by atoms with van der Waals surface area (Å²) in [6.45, 7) is 10.8. The molecule has 0 aliphatic carbocycles. The lowest BCUT2D eigenvalue weighted by Crippen LogP contribution is -2.25. The van der Waals surface area contributed by atoms with E-state index in [1.807, 2.05) is 51.3 Å². The largest absolute Gasteiger partial charge is 0.462 e. The van der Waals surface area contributed by atoms with Crippen LogP contribution in [0, 0.1) is 5.41 Å². The Labute approximate surface area is 199 Å². The van der Waals surface area contributed by atoms with Gasteiger partial charge in [-0.3, -0.25) is 4.79 Å². The molecule has 0 saturated heterocycles. The summed E-state index contributed by atoms with van der Waals surface area (Å²) in [6.07, 6.45) is 2.33. The van der Waals surface area contributed by atoms with E-state index in [0.717, 1.165) is 16.0 Å². The lowest BCUT2D eigenvalue weighted by Gasteiger charge is -2.18. The molecule has 7 heteroatoms. The summed E-state index contributed by atoms with van der Waals surface area (Å²) in [7, 11) is 0. The van der Waals surface area contributed by atoms with E-state index >= 15 is 0 Å². The molecule has 0 aromatic heterocycles. The molecular weight excluding hydrogens is 440 g/mol. The van der Waals surface area contributed by atoms with Crippen LogP contribution in [-0.4, -0.2) is 37.4 Å². The van der Waals surface area contributed by atoms with Gasteiger partial charge in [-0.05, 0) is 69.3 Å². The Morgan fingerprint density at radius 2 is 1.55 bits per heavy atom. The number of rotatable bonds is 9. The van der Waals surface area contributed by atoms with Crippen molar-refractivity contribution in [2.24, 2.45) is 5.41 Å². The van der Waals surface area contributed by atoms with Crippen molar-refractivity contribution in [2.75, 3.05) is 19.5 Å². The van der Waals surface area contributed by atoms with Gasteiger partial charge in [0.2, 0.25) is 0 Å². The molecule has 0 fully saturated rings. The van der Waals surface area contributed by atoms with E-state index in [2.05, 4.69) is 6.58 Å². The Hall–Kier alpha value is -3.06. The summed E-state index contributed by atoms with van der Waals surface area (Å²) in [4.78, 5) is 36.6. The Morgan fingerprint density at radius 3 is 2.12 bits per heavy atom. The fraction of sp³-hybridized carbons (Fsp3) is 0.346. The molecule has 0 aliphatic heterocycles. The van der Waals surface area contributed by atoms with Crippen molar-refractivity contribution >= 4 is 29.7 Å². The molecule has 6 nitrogen and oxygen atoms in total. The monoisotopic (exact) mass is 470 g/mol. The summed E-state index contributed by atoms with van der Waals surface area (Å²) < 4.78 is 15.8. The SMILES string of the molecule is C=C(C)C(=O)OCCCOC(=O)c1ccc(-c2ccc(OC(=O)C(C)(C)C)c(SC)c2)cc1. The highest BCUT2D eigenvalue weighted by Gasteiger charge is 2.24. The van der Waals surface area contributed by atoms with Gasteiger partial charge in [-0.25, -0.2) is 9.59 Å². The molecule has 0 amide bonds. The minimum Gasteiger partial charge on any atom is -0.462 e. The Balaban J connectivity index is 1.98. The first kappa shape index (κ1) is 26.2. The number of hydrogen-bond donors (Lipinski definition) is 0. The molecule has 0 radical (unpaired) electrons. The molecule has 0 spiro atoms. The maximum absolute atomic E-state index is 12.2. The third-order valence-electron chi connectivity index (χ3n) is 4.54. The Kier molecular flexibility index (Phi) is 9.29. The predicted octanol–water partition coefficient (Wildman–Crippen LogP) is 5.69. The van der Waals surface area contributed by atoms with Crippen LogP contribution in [0.3, 0.4) is 0 Å². The van der Waals surface area contributed by atoms with Gasteiger partial charge in [-0.1, -0.05) is 24.8 Å². The van der Waals surface area contributed by atoms with Crippen molar-refractivity contribution in [3.05, 3.63) is 60.2 Å². The minimum absolute atomic E-state index is 0.149. The third-order valence-corrected chi connectivity index (χ3v) is 5.29. The molecule has 33 heavy (non-hydrogen) atoms. The van der Waals surface area contributed by atoms with Crippen LogP contribution in [-0.2, 0) is 19.1 Å². The van der Waals surface area contributed by atoms with Crippen LogP contribution in [0.1, 0.15) is 44.5 Å². The highest BCUT2D eigenvalue weighted by molar-refractivity contribution is 7.98. The van der Waals surface area contributed by atoms with E-state index in [9.17, 15) is 14.4 Å². The van der Waals surface area contributed by atoms with Crippen molar-refractivity contribution in [1.82, 2.24) is 0 Å². The normalized spacial score (nSPS) is 10.9. The average Bonchev–Trinajstić information content (AvgIpc) is 2.78. The fourth-order valence-electron chi connectivity index (χ4n) is 2.58. The number of carbonyl (C=O) groups excluding carboxylic acids is 3. The summed E-state index contributed by atoms with van der Waals surface area (Å²) >= 11 is 1.49. The van der Waals surface area contributed by atoms with Crippen LogP contribution in [0.5, 0.6) is 5.75 Å². The molecule has 0 N–H and O–H groups in total. The maximum Gasteiger partial charge on any atom is 0.338 e. The molecule has 2 aromatic carbocycles. The fourth-order valence-corrected chi connectivity index (χ4v) is 3.13. The molecule has 0 heterocycles. The predicted molar refractivity (Wildman–Crippen MR) is 129 cm³/mol. The molecule has 0 aliphatic rings. The van der Waals surface area contributed by atoms with Crippen LogP contribution >= 0.6 is 11.8 Å². The number of carbonyl (C=O) groups is 3. The van der Waals surface area contributed by atoms with Crippen molar-refractivity contribution in [3.8, 4) is 16.9 Å². The average molecular weight is 471 g/mol. The summed E-state index contributed by atoms with van der Waals surface area (Å²) in [5, 5.41) is 0. The van der Waals surface area contributed by atoms with E-state index in [0.29, 0.717) is 23.3 Å². The van der Waals surface area contributed by atoms with Crippen LogP contribution in [0.2, 0.25) is 0 Å². The minimum atomic E-state index is -0.589. The zero-order chi connectivity index (χ0) is 24.6. The van der Waals surface area contributed by atoms with Crippen LogP contribution in [0.15, 0.2) is 59.5 Å². The van der Waals surface area contributed by atoms with Crippen molar-refractivity contribution in [1.29, 1.82) is 0 Å². The molecular formula is C26H30O6S. The van der Waals surface area contributed by atoms with Gasteiger partial charge >= 0.3 is 17.9 Å². The molecule has 0 unspecified atom stereocenters. The van der Waals surface area contributed by atoms with E-state index in [-0.39, 0.29) is 19.2 Å². The molecule has 0 bridgehead atoms. The zero-order valence-electron chi connectivity index (χ0n) is 19.7. The summed E-state index contributed by atoms with van der Waals surface area (Å²) in [5.74, 6) is -0.660. The first-order chi connectivity index (χ1) is 15.5. The molecule has 176 valence electrons. The topological polar surface area (TPSA) is 78.9 Å². The van der Waals surface area contributed by atoms with Crippen molar-refractivity contribution in [3.63, 3.8) is 0 Å². The van der Waals surface area contributed by atoms with Gasteiger partial charge in [-0.15, -0.1) is 11.8 Å². The molecule has 2 aromatic rings. The third kappa shape index (κ3) is 7.79. The Morgan fingerprint density at radius 1 is 0.939 bits per heavy atom. The zero-order valence-corrected chi connectivity index (χ0v) is 20.5. The number of esters is 3. The van der Waals surface area contributed by atoms with Gasteiger partial charge in [0.1, 0.15) is 5.75 Å². The number of hydrogen-bond acceptors (Lipinski definition) is 7. The van der Waals surface area contributed by atoms with E-state index < -0.39 is 17.4 Å². The van der Waals surface area contributed by atoms with E-state index in [1.54, 1.807) is 25.1 Å². The highest BCUT2D eigenvalue weighted by Crippen LogP contribution is 2.34. The molecule has 0 atom stereocenters.